The molecule has 0 spiro atoms. The molecule has 10 heteroatoms. The molecule has 23 heavy (non-hydrogen) atoms. The molecule has 2 aromatic rings. The van der Waals surface area contributed by atoms with E-state index in [4.69, 9.17) is 32.2 Å². The largest absolute Gasteiger partial charge is 0.394 e. The van der Waals surface area contributed by atoms with Crippen molar-refractivity contribution < 1.29 is 19.3 Å². The van der Waals surface area contributed by atoms with Crippen LogP contribution in [-0.4, -0.2) is 55.3 Å². The van der Waals surface area contributed by atoms with Crippen molar-refractivity contribution in [2.45, 2.75) is 44.2 Å². The minimum Gasteiger partial charge on any atom is -0.394 e. The van der Waals surface area contributed by atoms with Gasteiger partial charge >= 0.3 is 0 Å². The molecule has 4 unspecified atom stereocenters. The summed E-state index contributed by atoms with van der Waals surface area (Å²) in [5, 5.41) is 9.56. The fourth-order valence-corrected chi connectivity index (χ4v) is 3.42. The SMILES string of the molecule is CC1(C)OC2C(CO)OC(n3cnc4c(=S)nc(N)[nH]c43)C2O1. The second-order valence-corrected chi connectivity index (χ2v) is 6.48. The number of aromatic amines is 1. The molecule has 2 saturated heterocycles. The van der Waals surface area contributed by atoms with E-state index in [0.29, 0.717) is 15.8 Å². The zero-order valence-electron chi connectivity index (χ0n) is 12.6. The van der Waals surface area contributed by atoms with E-state index < -0.39 is 18.1 Å². The molecule has 2 fully saturated rings. The van der Waals surface area contributed by atoms with Gasteiger partial charge in [-0.15, -0.1) is 0 Å². The molecule has 2 aromatic heterocycles. The van der Waals surface area contributed by atoms with Crippen LogP contribution in [-0.2, 0) is 14.2 Å². The first kappa shape index (κ1) is 15.0. The Kier molecular flexibility index (Phi) is 3.22. The van der Waals surface area contributed by atoms with Gasteiger partial charge in [-0.1, -0.05) is 12.2 Å². The predicted octanol–water partition coefficient (Wildman–Crippen LogP) is 0.481. The molecular weight excluding hydrogens is 322 g/mol. The summed E-state index contributed by atoms with van der Waals surface area (Å²) in [4.78, 5) is 11.2. The summed E-state index contributed by atoms with van der Waals surface area (Å²) in [6, 6.07) is 0. The number of imidazole rings is 1. The summed E-state index contributed by atoms with van der Waals surface area (Å²) in [6.07, 6.45) is -0.146. The molecule has 4 heterocycles. The number of aliphatic hydroxyl groups excluding tert-OH is 1. The van der Waals surface area contributed by atoms with Crippen LogP contribution in [0, 0.1) is 4.64 Å². The molecule has 0 aromatic carbocycles. The summed E-state index contributed by atoms with van der Waals surface area (Å²) in [5.41, 5.74) is 6.87. The number of fused-ring (bicyclic) bond motifs is 2. The molecule has 0 bridgehead atoms. The average molecular weight is 339 g/mol. The highest BCUT2D eigenvalue weighted by Gasteiger charge is 2.55. The first-order valence-corrected chi connectivity index (χ1v) is 7.65. The number of ether oxygens (including phenoxy) is 3. The molecule has 4 rings (SSSR count). The fourth-order valence-electron chi connectivity index (χ4n) is 3.18. The number of H-pyrrole nitrogens is 1. The van der Waals surface area contributed by atoms with E-state index in [1.54, 1.807) is 10.9 Å². The van der Waals surface area contributed by atoms with Gasteiger partial charge in [0.2, 0.25) is 0 Å². The van der Waals surface area contributed by atoms with Crippen molar-refractivity contribution in [1.82, 2.24) is 19.5 Å². The summed E-state index contributed by atoms with van der Waals surface area (Å²) >= 11 is 5.18. The molecule has 124 valence electrons. The molecule has 2 aliphatic heterocycles. The van der Waals surface area contributed by atoms with Gasteiger partial charge < -0.3 is 30.0 Å². The van der Waals surface area contributed by atoms with Crippen molar-refractivity contribution >= 4 is 29.3 Å². The average Bonchev–Trinajstić information content (AvgIpc) is 3.09. The number of nitrogens with two attached hydrogens (primary N) is 1. The van der Waals surface area contributed by atoms with Gasteiger partial charge in [-0.2, -0.15) is 0 Å². The van der Waals surface area contributed by atoms with Gasteiger partial charge in [0.1, 0.15) is 29.5 Å². The quantitative estimate of drug-likeness (QED) is 0.676. The Morgan fingerprint density at radius 1 is 1.43 bits per heavy atom. The maximum absolute atomic E-state index is 9.56. The molecule has 4 atom stereocenters. The third-order valence-corrected chi connectivity index (χ3v) is 4.33. The van der Waals surface area contributed by atoms with E-state index in [9.17, 15) is 5.11 Å². The highest BCUT2D eigenvalue weighted by atomic mass is 32.1. The molecule has 0 aliphatic carbocycles. The number of aromatic nitrogens is 4. The maximum Gasteiger partial charge on any atom is 0.200 e. The van der Waals surface area contributed by atoms with E-state index in [1.807, 2.05) is 13.8 Å². The van der Waals surface area contributed by atoms with Crippen LogP contribution in [0.1, 0.15) is 20.1 Å². The van der Waals surface area contributed by atoms with Crippen molar-refractivity contribution in [2.24, 2.45) is 0 Å². The first-order chi connectivity index (χ1) is 10.9. The first-order valence-electron chi connectivity index (χ1n) is 7.24. The van der Waals surface area contributed by atoms with Gasteiger partial charge in [0, 0.05) is 0 Å². The Balaban J connectivity index is 1.80. The third-order valence-electron chi connectivity index (χ3n) is 4.04. The van der Waals surface area contributed by atoms with Crippen molar-refractivity contribution in [2.75, 3.05) is 12.3 Å². The van der Waals surface area contributed by atoms with Crippen LogP contribution in [0.25, 0.3) is 11.2 Å². The minimum absolute atomic E-state index is 0.163. The van der Waals surface area contributed by atoms with Crippen LogP contribution >= 0.6 is 12.2 Å². The topological polar surface area (TPSA) is 120 Å². The van der Waals surface area contributed by atoms with E-state index in [1.165, 1.54) is 0 Å². The Bertz CT molecular complexity index is 818. The highest BCUT2D eigenvalue weighted by molar-refractivity contribution is 7.71. The number of nitrogen functional groups attached to an aromatic ring is 1. The Morgan fingerprint density at radius 2 is 2.17 bits per heavy atom. The van der Waals surface area contributed by atoms with E-state index in [-0.39, 0.29) is 24.8 Å². The number of hydrogen-bond acceptors (Lipinski definition) is 8. The zero-order valence-corrected chi connectivity index (χ0v) is 13.4. The van der Waals surface area contributed by atoms with Gasteiger partial charge in [0.15, 0.2) is 22.6 Å². The number of hydrogen-bond donors (Lipinski definition) is 3. The molecular formula is C13H17N5O4S. The van der Waals surface area contributed by atoms with Gasteiger partial charge in [-0.05, 0) is 13.8 Å². The predicted molar refractivity (Wildman–Crippen MR) is 81.9 cm³/mol. The van der Waals surface area contributed by atoms with Crippen molar-refractivity contribution in [3.8, 4) is 0 Å². The van der Waals surface area contributed by atoms with Crippen LogP contribution in [0.4, 0.5) is 5.95 Å². The number of nitrogens with one attached hydrogen (secondary N) is 1. The van der Waals surface area contributed by atoms with Crippen LogP contribution in [0.5, 0.6) is 0 Å². The van der Waals surface area contributed by atoms with Gasteiger partial charge in [-0.25, -0.2) is 9.97 Å². The molecule has 0 saturated carbocycles. The molecule has 0 radical (unpaired) electrons. The molecule has 0 amide bonds. The number of anilines is 1. The lowest BCUT2D eigenvalue weighted by Crippen LogP contribution is -2.31. The summed E-state index contributed by atoms with van der Waals surface area (Å²) in [7, 11) is 0. The van der Waals surface area contributed by atoms with Gasteiger partial charge in [-0.3, -0.25) is 4.57 Å². The minimum atomic E-state index is -0.741. The van der Waals surface area contributed by atoms with Gasteiger partial charge in [0.05, 0.1) is 12.9 Å². The zero-order chi connectivity index (χ0) is 16.4. The number of aliphatic hydroxyl groups is 1. The Labute approximate surface area is 136 Å². The normalized spacial score (nSPS) is 32.5. The summed E-state index contributed by atoms with van der Waals surface area (Å²) in [6.45, 7) is 3.50. The lowest BCUT2D eigenvalue weighted by molar-refractivity contribution is -0.199. The van der Waals surface area contributed by atoms with Crippen molar-refractivity contribution in [1.29, 1.82) is 0 Å². The smallest absolute Gasteiger partial charge is 0.200 e. The Morgan fingerprint density at radius 3 is 2.91 bits per heavy atom. The highest BCUT2D eigenvalue weighted by Crippen LogP contribution is 2.43. The number of nitrogens with zero attached hydrogens (tertiary/aromatic N) is 3. The van der Waals surface area contributed by atoms with Crippen molar-refractivity contribution in [3.63, 3.8) is 0 Å². The summed E-state index contributed by atoms with van der Waals surface area (Å²) < 4.78 is 19.8. The van der Waals surface area contributed by atoms with Crippen LogP contribution in [0.2, 0.25) is 0 Å². The van der Waals surface area contributed by atoms with Crippen LogP contribution in [0.3, 0.4) is 0 Å². The Hall–Kier alpha value is -1.59. The summed E-state index contributed by atoms with van der Waals surface area (Å²) in [5.74, 6) is -0.546. The third kappa shape index (κ3) is 2.25. The lowest BCUT2D eigenvalue weighted by atomic mass is 10.1. The second kappa shape index (κ2) is 4.95. The van der Waals surface area contributed by atoms with E-state index >= 15 is 0 Å². The number of rotatable bonds is 2. The van der Waals surface area contributed by atoms with Crippen LogP contribution < -0.4 is 5.73 Å². The monoisotopic (exact) mass is 339 g/mol. The molecule has 2 aliphatic rings. The van der Waals surface area contributed by atoms with E-state index in [2.05, 4.69) is 15.0 Å². The molecule has 9 nitrogen and oxygen atoms in total. The lowest BCUT2D eigenvalue weighted by Gasteiger charge is -2.24. The standard InChI is InChI=1S/C13H17N5O4S/c1-13(2)21-7-5(3-19)20-11(8(7)22-13)18-4-15-6-9(18)16-12(14)17-10(6)23/h4-5,7-8,11,19H,3H2,1-2H3,(H3,14,16,17,23). The van der Waals surface area contributed by atoms with E-state index in [0.717, 1.165) is 0 Å². The molecule has 4 N–H and O–H groups in total. The van der Waals surface area contributed by atoms with Crippen molar-refractivity contribution in [3.05, 3.63) is 11.0 Å². The van der Waals surface area contributed by atoms with Crippen LogP contribution in [0.15, 0.2) is 6.33 Å². The maximum atomic E-state index is 9.56. The fraction of sp³-hybridized carbons (Fsp3) is 0.615. The van der Waals surface area contributed by atoms with Gasteiger partial charge in [0.25, 0.3) is 0 Å². The second-order valence-electron chi connectivity index (χ2n) is 6.09.